The van der Waals surface area contributed by atoms with Crippen molar-refractivity contribution < 1.29 is 52.3 Å². The fraction of sp³-hybridized carbons (Fsp3) is 0.696. The number of benzene rings is 2. The zero-order valence-electron chi connectivity index (χ0n) is 36.8. The van der Waals surface area contributed by atoms with Crippen molar-refractivity contribution in [2.24, 2.45) is 0 Å². The first-order valence-corrected chi connectivity index (χ1v) is 24.0. The van der Waals surface area contributed by atoms with Gasteiger partial charge < -0.3 is 42.7 Å². The van der Waals surface area contributed by atoms with Crippen molar-refractivity contribution in [3.05, 3.63) is 71.8 Å². The lowest BCUT2D eigenvalue weighted by Gasteiger charge is -2.42. The lowest BCUT2D eigenvalue weighted by Crippen LogP contribution is -2.47. The molecule has 0 bridgehead atoms. The van der Waals surface area contributed by atoms with Gasteiger partial charge >= 0.3 is 5.97 Å². The smallest absolute Gasteiger partial charge is 0.308 e. The fourth-order valence-electron chi connectivity index (χ4n) is 7.55. The van der Waals surface area contributed by atoms with Crippen molar-refractivity contribution in [3.63, 3.8) is 0 Å². The summed E-state index contributed by atoms with van der Waals surface area (Å²) < 4.78 is 49.3. The molecule has 2 aromatic rings. The molecule has 2 aliphatic heterocycles. The SMILES string of the molecule is COC(=O)C[C@H]1C[C@@H](C[C@H](CC(=O)C[C@H](O)C[C@H](C[C@@H]2C[C@H](CCO[Si](C)(C)C(C)(C)C)OC(C)(C)O2)OCc2ccccc2)OCc2ccccc2)OC(C)(C)O1. The van der Waals surface area contributed by atoms with E-state index in [0.717, 1.165) is 17.5 Å². The van der Waals surface area contributed by atoms with Crippen molar-refractivity contribution in [2.75, 3.05) is 13.7 Å². The van der Waals surface area contributed by atoms with Crippen LogP contribution >= 0.6 is 0 Å². The van der Waals surface area contributed by atoms with Gasteiger partial charge in [-0.2, -0.15) is 0 Å². The number of hydrogen-bond acceptors (Lipinski definition) is 11. The van der Waals surface area contributed by atoms with Crippen LogP contribution in [0.25, 0.3) is 0 Å². The largest absolute Gasteiger partial charge is 0.469 e. The Balaban J connectivity index is 1.41. The van der Waals surface area contributed by atoms with Crippen LogP contribution in [0.4, 0.5) is 0 Å². The molecule has 2 fully saturated rings. The Hall–Kier alpha value is -2.52. The van der Waals surface area contributed by atoms with E-state index in [1.165, 1.54) is 7.11 Å². The van der Waals surface area contributed by atoms with Crippen molar-refractivity contribution in [2.45, 2.75) is 192 Å². The average molecular weight is 829 g/mol. The van der Waals surface area contributed by atoms with Gasteiger partial charge in [0.2, 0.25) is 0 Å². The predicted molar refractivity (Wildman–Crippen MR) is 225 cm³/mol. The monoisotopic (exact) mass is 828 g/mol. The molecule has 7 atom stereocenters. The quantitative estimate of drug-likeness (QED) is 0.0904. The summed E-state index contributed by atoms with van der Waals surface area (Å²) in [5, 5.41) is 11.6. The Kier molecular flexibility index (Phi) is 18.1. The van der Waals surface area contributed by atoms with Gasteiger partial charge in [0.05, 0.1) is 69.5 Å². The third-order valence-corrected chi connectivity index (χ3v) is 15.9. The van der Waals surface area contributed by atoms with Crippen LogP contribution in [0.15, 0.2) is 60.7 Å². The highest BCUT2D eigenvalue weighted by atomic mass is 28.4. The molecule has 0 unspecified atom stereocenters. The maximum atomic E-state index is 13.7. The summed E-state index contributed by atoms with van der Waals surface area (Å²) >= 11 is 0. The van der Waals surface area contributed by atoms with E-state index in [1.807, 2.05) is 88.4 Å². The molecular formula is C46H72O11Si. The first-order valence-electron chi connectivity index (χ1n) is 21.1. The maximum absolute atomic E-state index is 13.7. The van der Waals surface area contributed by atoms with E-state index >= 15 is 0 Å². The molecule has 0 aliphatic carbocycles. The van der Waals surface area contributed by atoms with Crippen LogP contribution in [0.2, 0.25) is 18.1 Å². The molecule has 2 heterocycles. The number of esters is 1. The molecule has 0 radical (unpaired) electrons. The highest BCUT2D eigenvalue weighted by Crippen LogP contribution is 2.38. The average Bonchev–Trinajstić information content (AvgIpc) is 3.11. The number of ketones is 1. The van der Waals surface area contributed by atoms with Gasteiger partial charge in [0, 0.05) is 51.6 Å². The van der Waals surface area contributed by atoms with E-state index in [2.05, 4.69) is 33.9 Å². The third-order valence-electron chi connectivity index (χ3n) is 11.3. The predicted octanol–water partition coefficient (Wildman–Crippen LogP) is 8.83. The summed E-state index contributed by atoms with van der Waals surface area (Å²) in [5.74, 6) is -2.19. The van der Waals surface area contributed by atoms with Crippen LogP contribution in [0.3, 0.4) is 0 Å². The maximum Gasteiger partial charge on any atom is 0.308 e. The first kappa shape index (κ1) is 48.1. The minimum atomic E-state index is -1.90. The second kappa shape index (κ2) is 21.8. The van der Waals surface area contributed by atoms with E-state index in [0.29, 0.717) is 45.5 Å². The second-order valence-electron chi connectivity index (χ2n) is 18.6. The summed E-state index contributed by atoms with van der Waals surface area (Å²) in [6.45, 7) is 20.1. The van der Waals surface area contributed by atoms with E-state index < -0.39 is 38.2 Å². The van der Waals surface area contributed by atoms with Gasteiger partial charge in [0.1, 0.15) is 5.78 Å². The second-order valence-corrected chi connectivity index (χ2v) is 23.4. The Morgan fingerprint density at radius 3 is 1.78 bits per heavy atom. The molecule has 0 amide bonds. The van der Waals surface area contributed by atoms with Crippen molar-refractivity contribution in [1.82, 2.24) is 0 Å². The zero-order valence-corrected chi connectivity index (χ0v) is 37.8. The number of carbonyl (C=O) groups excluding carboxylic acids is 2. The van der Waals surface area contributed by atoms with E-state index in [-0.39, 0.29) is 66.9 Å². The molecule has 4 rings (SSSR count). The number of Topliss-reactive ketones (excluding diaryl/α,β-unsaturated/α-hetero) is 1. The Labute approximate surface area is 348 Å². The summed E-state index contributed by atoms with van der Waals surface area (Å²) in [6, 6.07) is 19.7. The summed E-state index contributed by atoms with van der Waals surface area (Å²) in [5.41, 5.74) is 2.01. The van der Waals surface area contributed by atoms with Gasteiger partial charge in [-0.25, -0.2) is 0 Å². The molecule has 12 heteroatoms. The van der Waals surface area contributed by atoms with Crippen LogP contribution in [-0.4, -0.2) is 93.2 Å². The van der Waals surface area contributed by atoms with Crippen LogP contribution < -0.4 is 0 Å². The molecule has 2 aliphatic rings. The number of rotatable bonds is 22. The zero-order chi connectivity index (χ0) is 42.6. The molecule has 1 N–H and O–H groups in total. The number of aliphatic hydroxyl groups is 1. The van der Waals surface area contributed by atoms with Crippen molar-refractivity contribution in [1.29, 1.82) is 0 Å². The first-order chi connectivity index (χ1) is 27.2. The Morgan fingerprint density at radius 2 is 1.24 bits per heavy atom. The van der Waals surface area contributed by atoms with Gasteiger partial charge in [0.15, 0.2) is 19.9 Å². The molecule has 58 heavy (non-hydrogen) atoms. The van der Waals surface area contributed by atoms with Crippen LogP contribution in [0, 0.1) is 0 Å². The summed E-state index contributed by atoms with van der Waals surface area (Å²) in [4.78, 5) is 25.9. The van der Waals surface area contributed by atoms with Gasteiger partial charge in [-0.1, -0.05) is 81.4 Å². The van der Waals surface area contributed by atoms with E-state index in [9.17, 15) is 14.7 Å². The Morgan fingerprint density at radius 1 is 0.759 bits per heavy atom. The molecule has 11 nitrogen and oxygen atoms in total. The van der Waals surface area contributed by atoms with E-state index in [4.69, 9.17) is 37.6 Å². The van der Waals surface area contributed by atoms with Crippen LogP contribution in [0.5, 0.6) is 0 Å². The van der Waals surface area contributed by atoms with Crippen LogP contribution in [0.1, 0.15) is 117 Å². The minimum absolute atomic E-state index is 0.0466. The highest BCUT2D eigenvalue weighted by molar-refractivity contribution is 6.74. The molecule has 0 aromatic heterocycles. The molecule has 0 spiro atoms. The molecule has 2 aromatic carbocycles. The molecular weight excluding hydrogens is 757 g/mol. The lowest BCUT2D eigenvalue weighted by atomic mass is 9.94. The minimum Gasteiger partial charge on any atom is -0.469 e. The van der Waals surface area contributed by atoms with Gasteiger partial charge in [-0.3, -0.25) is 9.59 Å². The van der Waals surface area contributed by atoms with E-state index in [1.54, 1.807) is 0 Å². The van der Waals surface area contributed by atoms with Crippen molar-refractivity contribution in [3.8, 4) is 0 Å². The Bertz CT molecular complexity index is 1530. The van der Waals surface area contributed by atoms with Gasteiger partial charge in [-0.05, 0) is 63.4 Å². The summed E-state index contributed by atoms with van der Waals surface area (Å²) in [7, 11) is -0.539. The number of ether oxygens (including phenoxy) is 7. The number of aliphatic hydroxyl groups excluding tert-OH is 1. The lowest BCUT2D eigenvalue weighted by molar-refractivity contribution is -0.305. The number of methoxy groups -OCH3 is 1. The molecule has 326 valence electrons. The van der Waals surface area contributed by atoms with Gasteiger partial charge in [0.25, 0.3) is 0 Å². The fourth-order valence-corrected chi connectivity index (χ4v) is 8.62. The number of carbonyl (C=O) groups is 2. The molecule has 0 saturated carbocycles. The normalized spacial score (nSPS) is 23.8. The van der Waals surface area contributed by atoms with Crippen molar-refractivity contribution >= 4 is 20.1 Å². The topological polar surface area (TPSA) is 128 Å². The molecule has 2 saturated heterocycles. The van der Waals surface area contributed by atoms with Gasteiger partial charge in [-0.15, -0.1) is 0 Å². The third kappa shape index (κ3) is 16.9. The summed E-state index contributed by atoms with van der Waals surface area (Å²) in [6.07, 6.45) is 0.539. The number of hydrogen-bond donors (Lipinski definition) is 1. The highest BCUT2D eigenvalue weighted by Gasteiger charge is 2.41. The van der Waals surface area contributed by atoms with Crippen LogP contribution in [-0.2, 0) is 60.4 Å². The standard InChI is InChI=1S/C46H72O11Si/c1-44(2,3)58(9,10)53-22-21-37-26-40(55-45(4,5)54-37)27-38(51-31-33-17-13-11-14-18-33)24-35(47)23-36(48)25-39(52-32-34-19-15-12-16-20-34)28-41-29-42(30-43(49)50-8)57-46(6,7)56-41/h11-20,35,37-42,47H,21-32H2,1-10H3/t35-,37-,38+,39-,40-,41+,42+/m0/s1.